The van der Waals surface area contributed by atoms with Gasteiger partial charge in [0.05, 0.1) is 25.3 Å². The lowest BCUT2D eigenvalue weighted by Gasteiger charge is -2.13. The lowest BCUT2D eigenvalue weighted by molar-refractivity contribution is -0.140. The van der Waals surface area contributed by atoms with Gasteiger partial charge in [-0.3, -0.25) is 0 Å². The number of rotatable bonds is 8. The topological polar surface area (TPSA) is 112 Å². The summed E-state index contributed by atoms with van der Waals surface area (Å²) in [4.78, 5) is 21.4. The molecule has 3 aromatic heterocycles. The van der Waals surface area contributed by atoms with Crippen molar-refractivity contribution >= 4 is 0 Å². The summed E-state index contributed by atoms with van der Waals surface area (Å²) in [7, 11) is 3.03. The lowest BCUT2D eigenvalue weighted by Crippen LogP contribution is -2.06. The molecule has 194 valence electrons. The van der Waals surface area contributed by atoms with Crippen LogP contribution in [0, 0.1) is 11.3 Å². The largest absolute Gasteiger partial charge is 0.480 e. The van der Waals surface area contributed by atoms with Crippen LogP contribution in [0.3, 0.4) is 0 Å². The molecule has 1 aliphatic rings. The van der Waals surface area contributed by atoms with E-state index >= 15 is 0 Å². The Labute approximate surface area is 216 Å². The summed E-state index contributed by atoms with van der Waals surface area (Å²) in [5.41, 5.74) is 2.27. The molecule has 4 aromatic rings. The molecule has 0 saturated heterocycles. The minimum Gasteiger partial charge on any atom is -0.480 e. The molecule has 0 radical (unpaired) electrons. The number of imidazole rings is 1. The van der Waals surface area contributed by atoms with Crippen molar-refractivity contribution in [2.75, 3.05) is 7.11 Å². The van der Waals surface area contributed by atoms with Gasteiger partial charge in [-0.25, -0.2) is 19.9 Å². The number of nitrogens with zero attached hydrogens (tertiary/aromatic N) is 7. The minimum absolute atomic E-state index is 0.0488. The van der Waals surface area contributed by atoms with E-state index in [-0.39, 0.29) is 30.7 Å². The molecule has 3 heterocycles. The van der Waals surface area contributed by atoms with Gasteiger partial charge in [0.2, 0.25) is 11.8 Å². The average Bonchev–Trinajstić information content (AvgIpc) is 3.68. The Morgan fingerprint density at radius 1 is 1.08 bits per heavy atom. The van der Waals surface area contributed by atoms with E-state index in [1.807, 2.05) is 0 Å². The van der Waals surface area contributed by atoms with Crippen LogP contribution in [-0.2, 0) is 26.3 Å². The molecule has 1 fully saturated rings. The third-order valence-corrected chi connectivity index (χ3v) is 6.07. The predicted octanol–water partition coefficient (Wildman–Crippen LogP) is 4.88. The molecule has 12 heteroatoms. The monoisotopic (exact) mass is 521 g/mol. The van der Waals surface area contributed by atoms with Crippen LogP contribution in [0.15, 0.2) is 43.0 Å². The molecule has 5 rings (SSSR count). The number of benzene rings is 1. The molecule has 9 nitrogen and oxygen atoms in total. The van der Waals surface area contributed by atoms with E-state index < -0.39 is 11.9 Å². The Kier molecular flexibility index (Phi) is 6.67. The van der Waals surface area contributed by atoms with Gasteiger partial charge in [0, 0.05) is 36.5 Å². The van der Waals surface area contributed by atoms with Crippen LogP contribution in [-0.4, -0.2) is 36.6 Å². The fourth-order valence-corrected chi connectivity index (χ4v) is 4.03. The van der Waals surface area contributed by atoms with Crippen LogP contribution in [0.2, 0.25) is 0 Å². The molecule has 0 amide bonds. The van der Waals surface area contributed by atoms with Crippen molar-refractivity contribution in [3.63, 3.8) is 0 Å². The normalized spacial score (nSPS) is 13.3. The fourth-order valence-electron chi connectivity index (χ4n) is 4.03. The summed E-state index contributed by atoms with van der Waals surface area (Å²) >= 11 is 0. The SMILES string of the molecule is COc1ncnc(C2CC2)c1-c1ncc(CC#N)c(OCc2ccc(-c3nc(C(F)(F)F)cn3C)cc2)n1. The summed E-state index contributed by atoms with van der Waals surface area (Å²) in [5.74, 6) is 1.43. The maximum absolute atomic E-state index is 13.0. The number of methoxy groups -OCH3 is 1. The number of ether oxygens (including phenoxy) is 2. The summed E-state index contributed by atoms with van der Waals surface area (Å²) in [6.07, 6.45) is 1.51. The standard InChI is InChI=1S/C26H22F3N7O2/c1-36-12-19(26(27,28)29)34-23(36)17-5-3-15(4-6-17)13-38-24-18(9-10-30)11-31-22(35-24)20-21(16-7-8-16)32-14-33-25(20)37-2/h3-6,11-12,14,16H,7-9,13H2,1-2H3. The van der Waals surface area contributed by atoms with Gasteiger partial charge in [0.1, 0.15) is 24.3 Å². The van der Waals surface area contributed by atoms with Crippen molar-refractivity contribution in [1.29, 1.82) is 5.26 Å². The molecule has 0 bridgehead atoms. The van der Waals surface area contributed by atoms with Crippen LogP contribution in [0.1, 0.15) is 41.3 Å². The van der Waals surface area contributed by atoms with Crippen LogP contribution in [0.4, 0.5) is 13.2 Å². The first-order valence-electron chi connectivity index (χ1n) is 11.7. The second-order valence-electron chi connectivity index (χ2n) is 8.82. The van der Waals surface area contributed by atoms with Crippen molar-refractivity contribution in [2.24, 2.45) is 7.05 Å². The van der Waals surface area contributed by atoms with E-state index in [9.17, 15) is 18.4 Å². The Morgan fingerprint density at radius 3 is 2.47 bits per heavy atom. The van der Waals surface area contributed by atoms with E-state index in [0.29, 0.717) is 28.4 Å². The molecule has 1 aromatic carbocycles. The second kappa shape index (κ2) is 10.1. The lowest BCUT2D eigenvalue weighted by atomic mass is 10.1. The first kappa shape index (κ1) is 25.1. The zero-order valence-electron chi connectivity index (χ0n) is 20.5. The highest BCUT2D eigenvalue weighted by Crippen LogP contribution is 2.45. The number of hydrogen-bond acceptors (Lipinski definition) is 8. The predicted molar refractivity (Wildman–Crippen MR) is 129 cm³/mol. The van der Waals surface area contributed by atoms with Crippen molar-refractivity contribution in [3.05, 3.63) is 65.5 Å². The Hall–Kier alpha value is -4.53. The van der Waals surface area contributed by atoms with Gasteiger partial charge < -0.3 is 14.0 Å². The summed E-state index contributed by atoms with van der Waals surface area (Å²) in [6, 6.07) is 8.92. The smallest absolute Gasteiger partial charge is 0.434 e. The minimum atomic E-state index is -4.52. The van der Waals surface area contributed by atoms with E-state index in [4.69, 9.17) is 9.47 Å². The van der Waals surface area contributed by atoms with Crippen molar-refractivity contribution < 1.29 is 22.6 Å². The number of nitriles is 1. The van der Waals surface area contributed by atoms with Gasteiger partial charge in [-0.15, -0.1) is 0 Å². The maximum atomic E-state index is 13.0. The number of halogens is 3. The summed E-state index contributed by atoms with van der Waals surface area (Å²) in [5, 5.41) is 9.26. The summed E-state index contributed by atoms with van der Waals surface area (Å²) < 4.78 is 51.8. The van der Waals surface area contributed by atoms with Crippen LogP contribution >= 0.6 is 0 Å². The molecule has 0 spiro atoms. The first-order chi connectivity index (χ1) is 18.3. The third-order valence-electron chi connectivity index (χ3n) is 6.07. The molecular formula is C26H22F3N7O2. The molecule has 0 N–H and O–H groups in total. The van der Waals surface area contributed by atoms with Gasteiger partial charge in [0.15, 0.2) is 11.5 Å². The molecule has 0 atom stereocenters. The molecule has 0 aliphatic heterocycles. The molecule has 1 aliphatic carbocycles. The molecule has 0 unspecified atom stereocenters. The van der Waals surface area contributed by atoms with Gasteiger partial charge in [-0.1, -0.05) is 24.3 Å². The molecular weight excluding hydrogens is 499 g/mol. The number of aromatic nitrogens is 6. The van der Waals surface area contributed by atoms with Crippen LogP contribution in [0.5, 0.6) is 11.8 Å². The molecule has 1 saturated carbocycles. The number of hydrogen-bond donors (Lipinski definition) is 0. The highest BCUT2D eigenvalue weighted by Gasteiger charge is 2.34. The summed E-state index contributed by atoms with van der Waals surface area (Å²) in [6.45, 7) is 0.113. The zero-order valence-corrected chi connectivity index (χ0v) is 20.5. The van der Waals surface area contributed by atoms with Gasteiger partial charge >= 0.3 is 6.18 Å². The quantitative estimate of drug-likeness (QED) is 0.322. The fraction of sp³-hybridized carbons (Fsp3) is 0.308. The Morgan fingerprint density at radius 2 is 1.84 bits per heavy atom. The van der Waals surface area contributed by atoms with Gasteiger partial charge in [0.25, 0.3) is 0 Å². The zero-order chi connectivity index (χ0) is 26.9. The van der Waals surface area contributed by atoms with E-state index in [1.165, 1.54) is 25.1 Å². The third kappa shape index (κ3) is 5.13. The van der Waals surface area contributed by atoms with E-state index in [0.717, 1.165) is 30.3 Å². The van der Waals surface area contributed by atoms with Crippen molar-refractivity contribution in [3.8, 4) is 40.6 Å². The van der Waals surface area contributed by atoms with Gasteiger partial charge in [-0.05, 0) is 18.4 Å². The number of alkyl halides is 3. The Balaban J connectivity index is 1.40. The Bertz CT molecular complexity index is 1510. The second-order valence-corrected chi connectivity index (χ2v) is 8.82. The highest BCUT2D eigenvalue weighted by molar-refractivity contribution is 5.66. The van der Waals surface area contributed by atoms with Crippen LogP contribution in [0.25, 0.3) is 22.8 Å². The van der Waals surface area contributed by atoms with Gasteiger partial charge in [-0.2, -0.15) is 23.4 Å². The van der Waals surface area contributed by atoms with E-state index in [2.05, 4.69) is 31.0 Å². The molecule has 38 heavy (non-hydrogen) atoms. The van der Waals surface area contributed by atoms with Crippen LogP contribution < -0.4 is 9.47 Å². The highest BCUT2D eigenvalue weighted by atomic mass is 19.4. The first-order valence-corrected chi connectivity index (χ1v) is 11.7. The maximum Gasteiger partial charge on any atom is 0.434 e. The average molecular weight is 522 g/mol. The van der Waals surface area contributed by atoms with Crippen molar-refractivity contribution in [2.45, 2.75) is 38.0 Å². The van der Waals surface area contributed by atoms with E-state index in [1.54, 1.807) is 30.5 Å². The van der Waals surface area contributed by atoms with Crippen molar-refractivity contribution in [1.82, 2.24) is 29.5 Å². The number of aryl methyl sites for hydroxylation is 1.